The second kappa shape index (κ2) is 15.9. The molecule has 284 valence electrons. The number of halogens is 6. The van der Waals surface area contributed by atoms with Gasteiger partial charge in [-0.2, -0.15) is 23.4 Å². The van der Waals surface area contributed by atoms with E-state index < -0.39 is 53.6 Å². The quantitative estimate of drug-likeness (QED) is 0.129. The third-order valence-corrected chi connectivity index (χ3v) is 9.71. The zero-order valence-corrected chi connectivity index (χ0v) is 30.9. The first-order chi connectivity index (χ1) is 26.1. The highest BCUT2D eigenvalue weighted by Crippen LogP contribution is 2.41. The minimum atomic E-state index is -4.82. The molecule has 0 spiro atoms. The molecule has 0 bridgehead atoms. The molecular weight excluding hydrogens is 739 g/mol. The summed E-state index contributed by atoms with van der Waals surface area (Å²) in [6.07, 6.45) is -4.82. The maximum Gasteiger partial charge on any atom is 0.416 e. The van der Waals surface area contributed by atoms with Gasteiger partial charge in [0.15, 0.2) is 0 Å². The first-order valence-corrected chi connectivity index (χ1v) is 17.6. The van der Waals surface area contributed by atoms with Crippen LogP contribution >= 0.6 is 11.6 Å². The molecule has 6 aromatic rings. The van der Waals surface area contributed by atoms with Gasteiger partial charge in [-0.15, -0.1) is 0 Å². The van der Waals surface area contributed by atoms with Gasteiger partial charge in [0.1, 0.15) is 11.6 Å². The lowest BCUT2D eigenvalue weighted by atomic mass is 9.78. The number of carbonyl (C=O) groups excluding carboxylic acids is 2. The van der Waals surface area contributed by atoms with Crippen LogP contribution in [-0.2, 0) is 28.9 Å². The lowest BCUT2D eigenvalue weighted by Gasteiger charge is -2.27. The number of rotatable bonds is 11. The van der Waals surface area contributed by atoms with Crippen LogP contribution < -0.4 is 10.6 Å². The van der Waals surface area contributed by atoms with Crippen LogP contribution in [0.5, 0.6) is 0 Å². The van der Waals surface area contributed by atoms with E-state index in [1.807, 2.05) is 60.7 Å². The molecule has 14 heteroatoms. The average molecular weight is 775 g/mol. The maximum atomic E-state index is 14.8. The topological polar surface area (TPSA) is 93.8 Å². The van der Waals surface area contributed by atoms with Gasteiger partial charge in [-0.3, -0.25) is 9.59 Å². The van der Waals surface area contributed by atoms with E-state index >= 15 is 0 Å². The Labute approximate surface area is 318 Å². The number of carbonyl (C=O) groups is 2. The van der Waals surface area contributed by atoms with Gasteiger partial charge in [-0.1, -0.05) is 54.1 Å². The summed E-state index contributed by atoms with van der Waals surface area (Å²) in [5.41, 5.74) is 3.30. The Bertz CT molecular complexity index is 2360. The average Bonchev–Trinajstić information content (AvgIpc) is 3.62. The summed E-state index contributed by atoms with van der Waals surface area (Å²) in [6, 6.07) is 24.4. The minimum Gasteiger partial charge on any atom is -0.351 e. The minimum absolute atomic E-state index is 0.0840. The molecule has 0 saturated heterocycles. The number of aryl methyl sites for hydroxylation is 2. The summed E-state index contributed by atoms with van der Waals surface area (Å²) in [6.45, 7) is 6.38. The van der Waals surface area contributed by atoms with E-state index in [0.717, 1.165) is 12.1 Å². The van der Waals surface area contributed by atoms with Crippen molar-refractivity contribution in [3.8, 4) is 11.4 Å². The third kappa shape index (κ3) is 8.31. The van der Waals surface area contributed by atoms with Gasteiger partial charge in [0.2, 0.25) is 11.8 Å². The molecule has 4 aromatic carbocycles. The SMILES string of the molecule is Cc1nn(-c2ccccc2)c(C)c1C(C(=O)NCc1cc(F)cc(C(F)(F)F)c1)C(C(=O)NCc1ccc(F)c(Cl)c1)c1c(C)nn(-c2ccccc2)c1C. The number of nitrogens with zero attached hydrogens (tertiary/aromatic N) is 4. The molecule has 0 aliphatic heterocycles. The highest BCUT2D eigenvalue weighted by Gasteiger charge is 2.42. The fourth-order valence-corrected chi connectivity index (χ4v) is 7.12. The number of hydrogen-bond donors (Lipinski definition) is 2. The smallest absolute Gasteiger partial charge is 0.351 e. The predicted octanol–water partition coefficient (Wildman–Crippen LogP) is 8.74. The van der Waals surface area contributed by atoms with Crippen molar-refractivity contribution in [1.29, 1.82) is 0 Å². The summed E-state index contributed by atoms with van der Waals surface area (Å²) < 4.78 is 72.6. The van der Waals surface area contributed by atoms with Gasteiger partial charge in [0.25, 0.3) is 0 Å². The monoisotopic (exact) mass is 774 g/mol. The van der Waals surface area contributed by atoms with E-state index in [9.17, 15) is 31.5 Å². The van der Waals surface area contributed by atoms with Crippen LogP contribution in [0, 0.1) is 39.3 Å². The molecule has 2 heterocycles. The van der Waals surface area contributed by atoms with Crippen molar-refractivity contribution in [1.82, 2.24) is 30.2 Å². The first kappa shape index (κ1) is 38.9. The fourth-order valence-electron chi connectivity index (χ4n) is 6.91. The fraction of sp³-hybridized carbons (Fsp3) is 0.220. The molecule has 0 saturated carbocycles. The van der Waals surface area contributed by atoms with E-state index in [-0.39, 0.29) is 17.1 Å². The van der Waals surface area contributed by atoms with Gasteiger partial charge in [-0.25, -0.2) is 18.1 Å². The van der Waals surface area contributed by atoms with Crippen LogP contribution in [-0.4, -0.2) is 31.4 Å². The Balaban J connectivity index is 1.51. The Morgan fingerprint density at radius 2 is 1.15 bits per heavy atom. The summed E-state index contributed by atoms with van der Waals surface area (Å²) in [7, 11) is 0. The highest BCUT2D eigenvalue weighted by atomic mass is 35.5. The summed E-state index contributed by atoms with van der Waals surface area (Å²) >= 11 is 6.03. The number of alkyl halides is 3. The molecular formula is C41H36ClF5N6O2. The molecule has 2 N–H and O–H groups in total. The Morgan fingerprint density at radius 3 is 1.60 bits per heavy atom. The second-order valence-electron chi connectivity index (χ2n) is 13.1. The normalized spacial score (nSPS) is 12.7. The maximum absolute atomic E-state index is 14.8. The summed E-state index contributed by atoms with van der Waals surface area (Å²) in [4.78, 5) is 29.6. The van der Waals surface area contributed by atoms with Crippen molar-refractivity contribution in [2.75, 3.05) is 0 Å². The number of amides is 2. The van der Waals surface area contributed by atoms with Crippen LogP contribution in [0.3, 0.4) is 0 Å². The summed E-state index contributed by atoms with van der Waals surface area (Å²) in [5, 5.41) is 15.0. The molecule has 0 aliphatic carbocycles. The second-order valence-corrected chi connectivity index (χ2v) is 13.6. The van der Waals surface area contributed by atoms with E-state index in [0.29, 0.717) is 56.9 Å². The largest absolute Gasteiger partial charge is 0.416 e. The number of para-hydroxylation sites is 2. The molecule has 0 aliphatic rings. The zero-order valence-electron chi connectivity index (χ0n) is 30.2. The van der Waals surface area contributed by atoms with Crippen LogP contribution in [0.4, 0.5) is 22.0 Å². The van der Waals surface area contributed by atoms with Crippen molar-refractivity contribution in [2.24, 2.45) is 0 Å². The van der Waals surface area contributed by atoms with Crippen molar-refractivity contribution in [2.45, 2.75) is 58.8 Å². The van der Waals surface area contributed by atoms with E-state index in [2.05, 4.69) is 10.6 Å². The molecule has 8 nitrogen and oxygen atoms in total. The Kier molecular flexibility index (Phi) is 11.2. The molecule has 2 aromatic heterocycles. The number of hydrogen-bond acceptors (Lipinski definition) is 4. The van der Waals surface area contributed by atoms with E-state index in [4.69, 9.17) is 21.8 Å². The zero-order chi connectivity index (χ0) is 39.6. The molecule has 2 amide bonds. The van der Waals surface area contributed by atoms with E-state index in [1.165, 1.54) is 18.2 Å². The Morgan fingerprint density at radius 1 is 0.673 bits per heavy atom. The first-order valence-electron chi connectivity index (χ1n) is 17.2. The molecule has 6 rings (SSSR count). The number of benzene rings is 4. The van der Waals surface area contributed by atoms with Crippen LogP contribution in [0.1, 0.15) is 62.4 Å². The highest BCUT2D eigenvalue weighted by molar-refractivity contribution is 6.30. The third-order valence-electron chi connectivity index (χ3n) is 9.42. The van der Waals surface area contributed by atoms with Crippen LogP contribution in [0.25, 0.3) is 11.4 Å². The number of aromatic nitrogens is 4. The molecule has 0 radical (unpaired) electrons. The van der Waals surface area contributed by atoms with Gasteiger partial charge in [0.05, 0.1) is 45.2 Å². The van der Waals surface area contributed by atoms with E-state index in [1.54, 1.807) is 37.1 Å². The Hall–Kier alpha value is -5.82. The van der Waals surface area contributed by atoms with Crippen LogP contribution in [0.15, 0.2) is 97.1 Å². The molecule has 0 fully saturated rings. The molecule has 2 unspecified atom stereocenters. The van der Waals surface area contributed by atoms with Crippen molar-refractivity contribution >= 4 is 23.4 Å². The molecule has 2 atom stereocenters. The standard InChI is InChI=1S/C41H36ClF5N6O2/c1-23-35(25(3)52(50-23)31-11-7-5-8-12-31)37(39(54)48-21-27-15-16-34(44)33(42)19-27)38(36-24(2)51-53(26(36)4)32-13-9-6-10-14-32)40(55)49-22-28-17-29(41(45,46)47)20-30(43)18-28/h5-20,37-38H,21-22H2,1-4H3,(H,48,54)(H,49,55). The van der Waals surface area contributed by atoms with Crippen molar-refractivity contribution in [3.05, 3.63) is 164 Å². The predicted molar refractivity (Wildman–Crippen MR) is 198 cm³/mol. The van der Waals surface area contributed by atoms with Gasteiger partial charge < -0.3 is 10.6 Å². The van der Waals surface area contributed by atoms with Gasteiger partial charge in [-0.05, 0) is 93.4 Å². The number of nitrogens with one attached hydrogen (secondary N) is 2. The molecule has 55 heavy (non-hydrogen) atoms. The summed E-state index contributed by atoms with van der Waals surface area (Å²) in [5.74, 6) is -5.71. The van der Waals surface area contributed by atoms with Crippen LogP contribution in [0.2, 0.25) is 5.02 Å². The van der Waals surface area contributed by atoms with Gasteiger partial charge in [0, 0.05) is 35.6 Å². The lowest BCUT2D eigenvalue weighted by Crippen LogP contribution is -2.40. The van der Waals surface area contributed by atoms with Gasteiger partial charge >= 0.3 is 6.18 Å². The lowest BCUT2D eigenvalue weighted by molar-refractivity contribution is -0.137. The van der Waals surface area contributed by atoms with Crippen molar-refractivity contribution in [3.63, 3.8) is 0 Å². The van der Waals surface area contributed by atoms with Crippen molar-refractivity contribution < 1.29 is 31.5 Å².